The molecule has 8 nitrogen and oxygen atoms in total. The molecule has 1 aliphatic rings. The molecule has 0 spiro atoms. The molecule has 2 heterocycles. The first-order valence-corrected chi connectivity index (χ1v) is 11.5. The van der Waals surface area contributed by atoms with E-state index in [1.54, 1.807) is 0 Å². The zero-order chi connectivity index (χ0) is 22.7. The second kappa shape index (κ2) is 10.2. The lowest BCUT2D eigenvalue weighted by Gasteiger charge is -2.39. The van der Waals surface area contributed by atoms with Crippen molar-refractivity contribution in [2.45, 2.75) is 54.9 Å². The van der Waals surface area contributed by atoms with Gasteiger partial charge in [0.05, 0.1) is 24.2 Å². The number of benzene rings is 2. The summed E-state index contributed by atoms with van der Waals surface area (Å²) in [6.07, 6.45) is -4.35. The number of nitrogens with zero attached hydrogens (tertiary/aromatic N) is 2. The van der Waals surface area contributed by atoms with Crippen LogP contribution < -0.4 is 4.74 Å². The van der Waals surface area contributed by atoms with Gasteiger partial charge < -0.3 is 34.5 Å². The Balaban J connectivity index is 1.49. The normalized spacial score (nSPS) is 25.8. The van der Waals surface area contributed by atoms with Crippen molar-refractivity contribution >= 4 is 22.8 Å². The van der Waals surface area contributed by atoms with E-state index in [2.05, 4.69) is 4.98 Å². The maximum absolute atomic E-state index is 10.4. The number of rotatable bonds is 8. The molecule has 0 radical (unpaired) electrons. The molecule has 5 atom stereocenters. The van der Waals surface area contributed by atoms with Gasteiger partial charge in [0, 0.05) is 6.54 Å². The van der Waals surface area contributed by atoms with Crippen molar-refractivity contribution in [2.24, 2.45) is 0 Å². The van der Waals surface area contributed by atoms with Crippen molar-refractivity contribution in [3.63, 3.8) is 0 Å². The van der Waals surface area contributed by atoms with Crippen LogP contribution in [0.15, 0.2) is 53.7 Å². The molecule has 1 aliphatic heterocycles. The van der Waals surface area contributed by atoms with Crippen LogP contribution in [0.3, 0.4) is 0 Å². The van der Waals surface area contributed by atoms with Crippen LogP contribution in [0.25, 0.3) is 11.0 Å². The number of aliphatic hydroxyl groups is 4. The number of thioether (sulfide) groups is 1. The van der Waals surface area contributed by atoms with Crippen LogP contribution in [0.4, 0.5) is 0 Å². The third-order valence-corrected chi connectivity index (χ3v) is 6.62. The summed E-state index contributed by atoms with van der Waals surface area (Å²) in [7, 11) is 0. The number of para-hydroxylation sites is 2. The van der Waals surface area contributed by atoms with Gasteiger partial charge in [0.1, 0.15) is 35.6 Å². The largest absolute Gasteiger partial charge is 0.494 e. The predicted octanol–water partition coefficient (Wildman–Crippen LogP) is 1.71. The first kappa shape index (κ1) is 23.0. The SMILES string of the molecule is Cc1cccc(OCCCn2c(SC3OC(CO)C(O)C(O)C3O)nc3ccccc32)c1. The quantitative estimate of drug-likeness (QED) is 0.376. The number of fused-ring (bicyclic) bond motifs is 1. The predicted molar refractivity (Wildman–Crippen MR) is 121 cm³/mol. The zero-order valence-electron chi connectivity index (χ0n) is 17.7. The van der Waals surface area contributed by atoms with E-state index in [4.69, 9.17) is 9.47 Å². The molecule has 4 rings (SSSR count). The lowest BCUT2D eigenvalue weighted by molar-refractivity contribution is -0.205. The third-order valence-electron chi connectivity index (χ3n) is 5.47. The highest BCUT2D eigenvalue weighted by Crippen LogP contribution is 2.34. The molecule has 1 fully saturated rings. The number of hydrogen-bond acceptors (Lipinski definition) is 8. The number of ether oxygens (including phenoxy) is 2. The van der Waals surface area contributed by atoms with Crippen LogP contribution in [-0.4, -0.2) is 73.0 Å². The van der Waals surface area contributed by atoms with E-state index in [1.807, 2.05) is 60.0 Å². The molecule has 0 aliphatic carbocycles. The Labute approximate surface area is 190 Å². The van der Waals surface area contributed by atoms with Gasteiger partial charge in [-0.2, -0.15) is 0 Å². The number of aliphatic hydroxyl groups excluding tert-OH is 4. The molecule has 0 amide bonds. The van der Waals surface area contributed by atoms with E-state index >= 15 is 0 Å². The summed E-state index contributed by atoms with van der Waals surface area (Å²) in [6, 6.07) is 15.6. The third kappa shape index (κ3) is 4.93. The highest BCUT2D eigenvalue weighted by atomic mass is 32.2. The monoisotopic (exact) mass is 460 g/mol. The molecule has 5 unspecified atom stereocenters. The highest BCUT2D eigenvalue weighted by Gasteiger charge is 2.44. The number of hydrogen-bond donors (Lipinski definition) is 4. The van der Waals surface area contributed by atoms with Gasteiger partial charge in [-0.25, -0.2) is 4.98 Å². The van der Waals surface area contributed by atoms with Crippen molar-refractivity contribution in [1.29, 1.82) is 0 Å². The van der Waals surface area contributed by atoms with E-state index in [0.29, 0.717) is 18.3 Å². The highest BCUT2D eigenvalue weighted by molar-refractivity contribution is 7.99. The van der Waals surface area contributed by atoms with Gasteiger partial charge in [-0.1, -0.05) is 36.0 Å². The summed E-state index contributed by atoms with van der Waals surface area (Å²) in [5, 5.41) is 40.6. The molecule has 3 aromatic rings. The Kier molecular flexibility index (Phi) is 7.34. The molecule has 1 aromatic heterocycles. The average Bonchev–Trinajstić information content (AvgIpc) is 3.14. The van der Waals surface area contributed by atoms with Crippen LogP contribution in [0.5, 0.6) is 5.75 Å². The maximum atomic E-state index is 10.4. The van der Waals surface area contributed by atoms with Crippen LogP contribution >= 0.6 is 11.8 Å². The second-order valence-electron chi connectivity index (χ2n) is 7.87. The van der Waals surface area contributed by atoms with Gasteiger partial charge in [0.25, 0.3) is 0 Å². The summed E-state index contributed by atoms with van der Waals surface area (Å²) < 4.78 is 13.5. The molecule has 32 heavy (non-hydrogen) atoms. The fourth-order valence-electron chi connectivity index (χ4n) is 3.75. The fourth-order valence-corrected chi connectivity index (χ4v) is 4.92. The Morgan fingerprint density at radius 1 is 1.06 bits per heavy atom. The van der Waals surface area contributed by atoms with E-state index in [9.17, 15) is 20.4 Å². The molecular weight excluding hydrogens is 432 g/mol. The lowest BCUT2D eigenvalue weighted by Crippen LogP contribution is -2.57. The maximum Gasteiger partial charge on any atom is 0.171 e. The molecule has 9 heteroatoms. The lowest BCUT2D eigenvalue weighted by atomic mass is 10.0. The number of imidazole rings is 1. The van der Waals surface area contributed by atoms with Gasteiger partial charge in [0.15, 0.2) is 5.16 Å². The molecule has 172 valence electrons. The van der Waals surface area contributed by atoms with Crippen LogP contribution in [0.1, 0.15) is 12.0 Å². The Morgan fingerprint density at radius 2 is 1.88 bits per heavy atom. The average molecular weight is 461 g/mol. The van der Waals surface area contributed by atoms with Gasteiger partial charge in [0.2, 0.25) is 0 Å². The zero-order valence-corrected chi connectivity index (χ0v) is 18.6. The first-order chi connectivity index (χ1) is 15.5. The first-order valence-electron chi connectivity index (χ1n) is 10.6. The minimum Gasteiger partial charge on any atom is -0.494 e. The minimum atomic E-state index is -1.42. The topological polar surface area (TPSA) is 117 Å². The Morgan fingerprint density at radius 3 is 2.66 bits per heavy atom. The molecule has 0 saturated carbocycles. The van der Waals surface area contributed by atoms with E-state index < -0.39 is 36.5 Å². The van der Waals surface area contributed by atoms with Crippen molar-refractivity contribution in [3.8, 4) is 5.75 Å². The van der Waals surface area contributed by atoms with Crippen molar-refractivity contribution in [1.82, 2.24) is 9.55 Å². The minimum absolute atomic E-state index is 0.464. The number of aryl methyl sites for hydroxylation is 2. The van der Waals surface area contributed by atoms with Gasteiger partial charge >= 0.3 is 0 Å². The van der Waals surface area contributed by atoms with E-state index in [1.165, 1.54) is 0 Å². The van der Waals surface area contributed by atoms with Gasteiger partial charge in [-0.05, 0) is 43.2 Å². The van der Waals surface area contributed by atoms with Crippen LogP contribution in [0.2, 0.25) is 0 Å². The molecule has 2 aromatic carbocycles. The fraction of sp³-hybridized carbons (Fsp3) is 0.435. The van der Waals surface area contributed by atoms with Crippen LogP contribution in [0, 0.1) is 6.92 Å². The molecule has 1 saturated heterocycles. The van der Waals surface area contributed by atoms with Crippen molar-refractivity contribution in [2.75, 3.05) is 13.2 Å². The molecule has 4 N–H and O–H groups in total. The van der Waals surface area contributed by atoms with Crippen molar-refractivity contribution in [3.05, 3.63) is 54.1 Å². The summed E-state index contributed by atoms with van der Waals surface area (Å²) in [4.78, 5) is 4.67. The van der Waals surface area contributed by atoms with Crippen LogP contribution in [-0.2, 0) is 11.3 Å². The Bertz CT molecular complexity index is 1040. The van der Waals surface area contributed by atoms with Crippen molar-refractivity contribution < 1.29 is 29.9 Å². The second-order valence-corrected chi connectivity index (χ2v) is 8.93. The van der Waals surface area contributed by atoms with Gasteiger partial charge in [-0.15, -0.1) is 0 Å². The summed E-state index contributed by atoms with van der Waals surface area (Å²) in [5.74, 6) is 0.830. The Hall–Kier alpha value is -2.14. The summed E-state index contributed by atoms with van der Waals surface area (Å²) >= 11 is 1.16. The molecule has 0 bridgehead atoms. The summed E-state index contributed by atoms with van der Waals surface area (Å²) in [6.45, 7) is 2.72. The molecular formula is C23H28N2O6S. The van der Waals surface area contributed by atoms with E-state index in [-0.39, 0.29) is 0 Å². The smallest absolute Gasteiger partial charge is 0.171 e. The number of aromatic nitrogens is 2. The van der Waals surface area contributed by atoms with Gasteiger partial charge in [-0.3, -0.25) is 0 Å². The van der Waals surface area contributed by atoms with E-state index in [0.717, 1.165) is 40.5 Å². The standard InChI is InChI=1S/C23H28N2O6S/c1-14-6-4-7-15(12-14)30-11-5-10-25-17-9-3-2-8-16(17)24-23(25)32-22-21(29)20(28)19(27)18(13-26)31-22/h2-4,6-9,12,18-22,26-29H,5,10-11,13H2,1H3. The summed E-state index contributed by atoms with van der Waals surface area (Å²) in [5.41, 5.74) is 2.00.